The molecule has 0 N–H and O–H groups in total. The number of imidazole rings is 1. The molecule has 0 spiro atoms. The molecule has 15 aromatic rings. The number of aryl methyl sites for hydroxylation is 2. The first-order valence-corrected chi connectivity index (χ1v) is 34.5. The van der Waals surface area contributed by atoms with Crippen molar-refractivity contribution in [2.45, 2.75) is 92.3 Å². The van der Waals surface area contributed by atoms with Crippen LogP contribution in [-0.2, 0) is 37.3 Å². The quantitative estimate of drug-likeness (QED) is 0.0592. The van der Waals surface area contributed by atoms with Crippen LogP contribution >= 0.6 is 0 Å². The molecule has 16 rings (SSSR count). The van der Waals surface area contributed by atoms with E-state index < -0.39 is 139 Å². The minimum absolute atomic E-state index is 0. The zero-order chi connectivity index (χ0) is 85.5. The van der Waals surface area contributed by atoms with Crippen molar-refractivity contribution < 1.29 is 59.2 Å². The van der Waals surface area contributed by atoms with Gasteiger partial charge in [0.25, 0.3) is 6.33 Å². The Labute approximate surface area is 627 Å². The van der Waals surface area contributed by atoms with Gasteiger partial charge in [0.2, 0.25) is 0 Å². The van der Waals surface area contributed by atoms with E-state index in [1.165, 1.54) is 18.2 Å². The largest absolute Gasteiger partial charge is 0.510 e. The van der Waals surface area contributed by atoms with Crippen molar-refractivity contribution in [2.75, 3.05) is 0 Å². The molecule has 0 atom stereocenters. The van der Waals surface area contributed by atoms with Gasteiger partial charge in [-0.15, -0.1) is 29.7 Å². The summed E-state index contributed by atoms with van der Waals surface area (Å²) in [6, 6.07) is 45.9. The number of hydrogen-bond acceptors (Lipinski definition) is 2. The number of aromatic nitrogens is 4. The van der Waals surface area contributed by atoms with Gasteiger partial charge in [-0.25, -0.2) is 4.98 Å². The van der Waals surface area contributed by atoms with Crippen LogP contribution in [0.15, 0.2) is 273 Å². The molecule has 1 aliphatic rings. The fraction of sp³-hybridized carbons (Fsp3) is 0.152. The number of para-hydroxylation sites is 1. The van der Waals surface area contributed by atoms with Crippen LogP contribution < -0.4 is 30.1 Å². The summed E-state index contributed by atoms with van der Waals surface area (Å²) in [5.41, 5.74) is 7.32. The van der Waals surface area contributed by atoms with E-state index in [1.54, 1.807) is 65.4 Å². The molecule has 1 aliphatic heterocycles. The molecule has 7 heteroatoms. The van der Waals surface area contributed by atoms with E-state index in [4.69, 9.17) is 22.1 Å². The van der Waals surface area contributed by atoms with Crippen molar-refractivity contribution in [1.82, 2.24) is 14.1 Å². The van der Waals surface area contributed by atoms with E-state index in [1.807, 2.05) is 88.0 Å². The standard InChI is InChI=1S/C92H78N4OSi.Pt/c1-60-29-27-30-61(2)87(60)63-51-80(62-49-65(91(6,7)8)53-66(50-62)92(9,10)11)88-81(52-63)76-41-23-21-39-74(76)75-40-22-24-42-77(75)82-57-73(98(70-33-15-12-16-34-70,71-35-17-13-18-36-71)72-37-19-14-20-38-72)58-85-89(82)95(88)59-94(85)67-31-28-32-68(55-67)97-69-45-46-79-78-43-25-26-44-83(78)96(84(79)56-69)86-54-64(47-48-93-86)90(3,4)5;/h12-54,57-58H,1-11H3;/q-2;/i1D3,2D3,12D,13D,14D,15D,16D,17D,18D,19D,20D,33D,34D,35D,36D,37D,38D;. The van der Waals surface area contributed by atoms with E-state index in [0.717, 1.165) is 33.0 Å². The van der Waals surface area contributed by atoms with E-state index in [-0.39, 0.29) is 87.7 Å². The summed E-state index contributed by atoms with van der Waals surface area (Å²) in [6.45, 7) is 13.2. The Balaban J connectivity index is 0.0000112. The Morgan fingerprint density at radius 2 is 1.00 bits per heavy atom. The number of nitrogens with zero attached hydrogens (tertiary/aromatic N) is 4. The summed E-state index contributed by atoms with van der Waals surface area (Å²) in [7, 11) is -5.99. The molecule has 5 nitrogen and oxygen atoms in total. The molecule has 0 unspecified atom stereocenters. The van der Waals surface area contributed by atoms with Crippen molar-refractivity contribution in [3.05, 3.63) is 319 Å². The van der Waals surface area contributed by atoms with Gasteiger partial charge in [0, 0.05) is 52.5 Å². The first kappa shape index (κ1) is 44.6. The molecule has 3 aromatic heterocycles. The second-order valence-electron chi connectivity index (χ2n) is 28.0. The van der Waals surface area contributed by atoms with Crippen molar-refractivity contribution in [2.24, 2.45) is 0 Å². The molecule has 12 aromatic carbocycles. The van der Waals surface area contributed by atoms with Gasteiger partial charge < -0.3 is 13.9 Å². The molecule has 0 saturated carbocycles. The summed E-state index contributed by atoms with van der Waals surface area (Å²) in [5, 5.41) is -0.538. The van der Waals surface area contributed by atoms with E-state index in [0.29, 0.717) is 56.0 Å². The molecule has 0 bridgehead atoms. The van der Waals surface area contributed by atoms with Gasteiger partial charge in [0.1, 0.15) is 5.82 Å². The Bertz CT molecular complexity index is 6530. The van der Waals surface area contributed by atoms with E-state index in [2.05, 4.69) is 105 Å². The summed E-state index contributed by atoms with van der Waals surface area (Å²) in [5.74, 6) is 1.04. The van der Waals surface area contributed by atoms with Crippen LogP contribution in [0.3, 0.4) is 0 Å². The molecule has 4 heterocycles. The number of ether oxygens (including phenoxy) is 1. The average molecular weight is 1500 g/mol. The summed E-state index contributed by atoms with van der Waals surface area (Å²) in [4.78, 5) is 4.90. The number of rotatable bonds is 10. The summed E-state index contributed by atoms with van der Waals surface area (Å²) < 4.78 is 214. The van der Waals surface area contributed by atoms with Gasteiger partial charge in [-0.05, 0) is 176 Å². The Morgan fingerprint density at radius 1 is 0.455 bits per heavy atom. The zero-order valence-corrected chi connectivity index (χ0v) is 59.1. The van der Waals surface area contributed by atoms with Crippen molar-refractivity contribution >= 4 is 61.7 Å². The van der Waals surface area contributed by atoms with Crippen LogP contribution in [0.5, 0.6) is 11.5 Å². The van der Waals surface area contributed by atoms with Crippen molar-refractivity contribution in [3.8, 4) is 84.3 Å². The third-order valence-corrected chi connectivity index (χ3v) is 23.0. The third kappa shape index (κ3) is 11.2. The molecular weight excluding hydrogens is 1400 g/mol. The fourth-order valence-corrected chi connectivity index (χ4v) is 17.7. The average Bonchev–Trinajstić information content (AvgIpc) is 1.19. The van der Waals surface area contributed by atoms with Gasteiger partial charge in [-0.3, -0.25) is 4.57 Å². The maximum atomic E-state index is 10.3. The fourth-order valence-electron chi connectivity index (χ4n) is 13.9. The van der Waals surface area contributed by atoms with Gasteiger partial charge in [-0.1, -0.05) is 274 Å². The van der Waals surface area contributed by atoms with Crippen LogP contribution in [-0.4, -0.2) is 22.2 Å². The molecule has 0 radical (unpaired) electrons. The van der Waals surface area contributed by atoms with Crippen molar-refractivity contribution in [1.29, 1.82) is 0 Å². The van der Waals surface area contributed by atoms with Crippen LogP contribution in [0.1, 0.15) is 119 Å². The van der Waals surface area contributed by atoms with E-state index in [9.17, 15) is 16.4 Å². The second kappa shape index (κ2) is 24.9. The smallest absolute Gasteiger partial charge is 0.268 e. The van der Waals surface area contributed by atoms with E-state index >= 15 is 0 Å². The van der Waals surface area contributed by atoms with Gasteiger partial charge in [0.15, 0.2) is 8.07 Å². The minimum atomic E-state index is -5.99. The maximum Gasteiger partial charge on any atom is 0.268 e. The minimum Gasteiger partial charge on any atom is -0.510 e. The monoisotopic (exact) mass is 1500 g/mol. The summed E-state index contributed by atoms with van der Waals surface area (Å²) in [6.07, 6.45) is 5.58. The Hall–Kier alpha value is -10.2. The third-order valence-electron chi connectivity index (χ3n) is 18.8. The molecule has 488 valence electrons. The molecule has 0 saturated heterocycles. The van der Waals surface area contributed by atoms with Gasteiger partial charge >= 0.3 is 0 Å². The SMILES string of the molecule is [2H]c1c([2H])c([2H])c([Si](c2cc3c4c(c2)n(-c2[c-]c(Oc5[c-]c6c(cc5)c5ccccc5n6-c5cc(C(C)(C)C)ccn5)ccc2)[c-][n+]4-c2c(-c4cc(C(C)(C)C)cc(C(C)(C)C)c4)cc(-c4c(C([2H])([2H])[2H])cccc4C([2H])([2H])[2H])cc2-c2ccccc2-c2ccccc2-3)(c2c([2H])c([2H])c([2H])c([2H])c2[2H])c2c([2H])c([2H])c([2H])c([2H])c2[2H])c([2H])c1[2H].[Pt]. The molecular formula is C92H78N4OPtSi-2. The number of hydrogen-bond donors (Lipinski definition) is 0. The first-order chi connectivity index (χ1) is 55.9. The molecule has 0 fully saturated rings. The van der Waals surface area contributed by atoms with Gasteiger partial charge in [-0.2, -0.15) is 18.2 Å². The molecule has 99 heavy (non-hydrogen) atoms. The molecule has 0 aliphatic carbocycles. The Morgan fingerprint density at radius 3 is 1.60 bits per heavy atom. The normalized spacial score (nSPS) is 15.6. The van der Waals surface area contributed by atoms with Crippen LogP contribution in [0, 0.1) is 32.2 Å². The second-order valence-corrected chi connectivity index (χ2v) is 31.6. The van der Waals surface area contributed by atoms with Crippen molar-refractivity contribution in [3.63, 3.8) is 0 Å². The van der Waals surface area contributed by atoms with Gasteiger partial charge in [0.05, 0.1) is 37.3 Å². The zero-order valence-electron chi connectivity index (χ0n) is 76.8. The Kier molecular flexibility index (Phi) is 11.2. The van der Waals surface area contributed by atoms with Crippen LogP contribution in [0.4, 0.5) is 0 Å². The number of fused-ring (bicyclic) bond motifs is 10. The maximum absolute atomic E-state index is 10.3. The van der Waals surface area contributed by atoms with Crippen LogP contribution in [0.25, 0.3) is 106 Å². The number of benzene rings is 12. The predicted molar refractivity (Wildman–Crippen MR) is 410 cm³/mol. The topological polar surface area (TPSA) is 35.9 Å². The first-order valence-electron chi connectivity index (χ1n) is 43.0. The molecule has 0 amide bonds. The van der Waals surface area contributed by atoms with Crippen LogP contribution in [0.2, 0.25) is 0 Å². The predicted octanol–water partition coefficient (Wildman–Crippen LogP) is 20.1. The summed E-state index contributed by atoms with van der Waals surface area (Å²) >= 11 is 0. The number of pyridine rings is 1.